The number of benzene rings is 6. The highest BCUT2D eigenvalue weighted by atomic mass is 35.5. The number of nitrogens with zero attached hydrogens (tertiary/aromatic N) is 4. The Hall–Kier alpha value is -6.06. The average Bonchev–Trinajstić information content (AvgIpc) is 3.63. The van der Waals surface area contributed by atoms with Crippen molar-refractivity contribution in [3.05, 3.63) is 207 Å². The van der Waals surface area contributed by atoms with E-state index in [-0.39, 0.29) is 17.2 Å². The quantitative estimate of drug-likeness (QED) is 0.0705. The Bertz CT molecular complexity index is 2530. The van der Waals surface area contributed by atoms with Gasteiger partial charge in [0.15, 0.2) is 0 Å². The molecular weight excluding hydrogens is 762 g/mol. The smallest absolute Gasteiger partial charge is 0.254 e. The number of nitrogens with one attached hydrogen (secondary N) is 1. The van der Waals surface area contributed by atoms with Crippen molar-refractivity contribution in [2.24, 2.45) is 11.5 Å². The monoisotopic (exact) mass is 813 g/mol. The molecule has 7 aromatic rings. The number of amidine groups is 1. The van der Waals surface area contributed by atoms with Crippen LogP contribution in [0.3, 0.4) is 0 Å². The van der Waals surface area contributed by atoms with E-state index in [0.29, 0.717) is 42.2 Å². The minimum absolute atomic E-state index is 0.0611. The number of carbonyl (C=O) groups is 1. The third-order valence-electron chi connectivity index (χ3n) is 12.1. The van der Waals surface area contributed by atoms with Gasteiger partial charge >= 0.3 is 0 Å². The molecule has 0 bridgehead atoms. The van der Waals surface area contributed by atoms with E-state index in [1.165, 1.54) is 11.1 Å². The number of aromatic nitrogens is 2. The maximum atomic E-state index is 14.6. The Kier molecular flexibility index (Phi) is 12.5. The van der Waals surface area contributed by atoms with Crippen LogP contribution in [0.5, 0.6) is 0 Å². The predicted octanol–water partition coefficient (Wildman–Crippen LogP) is 9.29. The summed E-state index contributed by atoms with van der Waals surface area (Å²) in [6.07, 6.45) is 3.51. The van der Waals surface area contributed by atoms with E-state index < -0.39 is 0 Å². The fraction of sp³-hybridized carbons (Fsp3) is 0.235. The van der Waals surface area contributed by atoms with Crippen molar-refractivity contribution in [2.45, 2.75) is 63.8 Å². The van der Waals surface area contributed by atoms with E-state index in [1.807, 2.05) is 89.8 Å². The van der Waals surface area contributed by atoms with Crippen LogP contribution in [-0.2, 0) is 51.0 Å². The van der Waals surface area contributed by atoms with Crippen molar-refractivity contribution < 1.29 is 4.79 Å². The molecule has 2 heterocycles. The highest BCUT2D eigenvalue weighted by molar-refractivity contribution is 6.30. The number of fused-ring (bicyclic) bond motifs is 1. The van der Waals surface area contributed by atoms with Crippen molar-refractivity contribution in [1.82, 2.24) is 19.4 Å². The van der Waals surface area contributed by atoms with Crippen LogP contribution in [-0.4, -0.2) is 44.2 Å². The molecule has 60 heavy (non-hydrogen) atoms. The normalized spacial score (nSPS) is 14.0. The van der Waals surface area contributed by atoms with Crippen LogP contribution >= 0.6 is 11.6 Å². The van der Waals surface area contributed by atoms with Crippen molar-refractivity contribution in [3.63, 3.8) is 0 Å². The van der Waals surface area contributed by atoms with E-state index in [4.69, 9.17) is 33.5 Å². The lowest BCUT2D eigenvalue weighted by Gasteiger charge is -2.43. The number of hydrogen-bond acceptors (Lipinski definition) is 5. The third-order valence-corrected chi connectivity index (χ3v) is 12.3. The van der Waals surface area contributed by atoms with Crippen LogP contribution < -0.4 is 11.5 Å². The Morgan fingerprint density at radius 3 is 1.92 bits per heavy atom. The van der Waals surface area contributed by atoms with Gasteiger partial charge in [-0.25, -0.2) is 4.98 Å². The number of carbonyl (C=O) groups excluding carboxylic acids is 1. The molecule has 0 radical (unpaired) electrons. The molecule has 1 aliphatic rings. The van der Waals surface area contributed by atoms with Crippen molar-refractivity contribution in [2.75, 3.05) is 13.1 Å². The van der Waals surface area contributed by atoms with Gasteiger partial charge < -0.3 is 20.9 Å². The molecule has 0 saturated carbocycles. The maximum absolute atomic E-state index is 14.6. The van der Waals surface area contributed by atoms with Gasteiger partial charge in [-0.15, -0.1) is 0 Å². The summed E-state index contributed by atoms with van der Waals surface area (Å²) in [5, 5.41) is 8.50. The number of nitrogens with two attached hydrogens (primary N) is 2. The van der Waals surface area contributed by atoms with Gasteiger partial charge in [0, 0.05) is 60.7 Å². The zero-order valence-corrected chi connectivity index (χ0v) is 34.7. The van der Waals surface area contributed by atoms with Gasteiger partial charge in [-0.3, -0.25) is 15.1 Å². The standard InChI is InChI=1S/C51H52ClN7O/c52-45-23-17-41(18-24-45)35-58(34-40-13-11-38(32-53)12-14-40)50(60)43-22-25-47-46(31-43)56-48(26-19-37-15-20-42(21-16-37)49(54)55)59(47)36-51(44-9-5-2-6-10-44)27-29-57(30-28-51)33-39-7-3-1-4-8-39/h1-18,20-25,31H,19,26-30,32-36,53H2,(H3,54,55). The van der Waals surface area contributed by atoms with E-state index in [0.717, 1.165) is 84.6 Å². The summed E-state index contributed by atoms with van der Waals surface area (Å²) < 4.78 is 2.43. The molecule has 1 fully saturated rings. The summed E-state index contributed by atoms with van der Waals surface area (Å²) in [5.74, 6) is 0.985. The molecule has 1 amide bonds. The maximum Gasteiger partial charge on any atom is 0.254 e. The van der Waals surface area contributed by atoms with Crippen molar-refractivity contribution >= 4 is 34.4 Å². The minimum Gasteiger partial charge on any atom is -0.384 e. The van der Waals surface area contributed by atoms with E-state index in [1.54, 1.807) is 0 Å². The third kappa shape index (κ3) is 9.53. The molecule has 8 rings (SSSR count). The topological polar surface area (TPSA) is 117 Å². The first-order chi connectivity index (χ1) is 29.2. The highest BCUT2D eigenvalue weighted by Crippen LogP contribution is 2.39. The Morgan fingerprint density at radius 1 is 0.700 bits per heavy atom. The first-order valence-electron chi connectivity index (χ1n) is 20.8. The van der Waals surface area contributed by atoms with Crippen LogP contribution in [0, 0.1) is 5.41 Å². The first kappa shape index (κ1) is 40.7. The molecule has 8 nitrogen and oxygen atoms in total. The number of rotatable bonds is 15. The fourth-order valence-electron chi connectivity index (χ4n) is 8.59. The lowest BCUT2D eigenvalue weighted by atomic mass is 9.72. The number of likely N-dealkylation sites (tertiary alicyclic amines) is 1. The molecule has 5 N–H and O–H groups in total. The second-order valence-corrected chi connectivity index (χ2v) is 16.6. The molecule has 0 unspecified atom stereocenters. The lowest BCUT2D eigenvalue weighted by molar-refractivity contribution is 0.0730. The zero-order chi connectivity index (χ0) is 41.5. The lowest BCUT2D eigenvalue weighted by Crippen LogP contribution is -2.44. The molecule has 0 aliphatic carbocycles. The number of amides is 1. The number of hydrogen-bond donors (Lipinski definition) is 3. The molecular formula is C51H52ClN7O. The number of nitrogen functional groups attached to an aromatic ring is 1. The number of aryl methyl sites for hydroxylation is 2. The highest BCUT2D eigenvalue weighted by Gasteiger charge is 2.37. The minimum atomic E-state index is -0.108. The average molecular weight is 814 g/mol. The number of piperidine rings is 1. The van der Waals surface area contributed by atoms with Gasteiger partial charge in [0.2, 0.25) is 0 Å². The fourth-order valence-corrected chi connectivity index (χ4v) is 8.72. The molecule has 0 atom stereocenters. The molecule has 0 spiro atoms. The number of halogens is 1. The van der Waals surface area contributed by atoms with Crippen LogP contribution in [0.25, 0.3) is 11.0 Å². The predicted molar refractivity (Wildman–Crippen MR) is 243 cm³/mol. The summed E-state index contributed by atoms with van der Waals surface area (Å²) in [6.45, 7) is 5.03. The summed E-state index contributed by atoms with van der Waals surface area (Å²) in [6, 6.07) is 51.5. The second kappa shape index (κ2) is 18.5. The van der Waals surface area contributed by atoms with E-state index in [9.17, 15) is 4.79 Å². The molecule has 1 aromatic heterocycles. The second-order valence-electron chi connectivity index (χ2n) is 16.1. The largest absolute Gasteiger partial charge is 0.384 e. The Morgan fingerprint density at radius 2 is 1.28 bits per heavy atom. The number of imidazole rings is 1. The van der Waals surface area contributed by atoms with Crippen molar-refractivity contribution in [1.29, 1.82) is 5.41 Å². The molecule has 1 saturated heterocycles. The molecule has 9 heteroatoms. The summed E-state index contributed by atoms with van der Waals surface area (Å²) in [4.78, 5) is 24.4. The van der Waals surface area contributed by atoms with Crippen LogP contribution in [0.2, 0.25) is 5.02 Å². The SMILES string of the molecule is N=C(N)c1ccc(CCc2nc3cc(C(=O)N(Cc4ccc(Cl)cc4)Cc4ccc(CN)cc4)ccc3n2CC2(c3ccccc3)CCN(Cc3ccccc3)CC2)cc1. The van der Waals surface area contributed by atoms with Crippen LogP contribution in [0.15, 0.2) is 152 Å². The van der Waals surface area contributed by atoms with Gasteiger partial charge in [0.05, 0.1) is 11.0 Å². The Labute approximate surface area is 357 Å². The molecule has 1 aliphatic heterocycles. The Balaban J connectivity index is 1.14. The summed E-state index contributed by atoms with van der Waals surface area (Å²) in [7, 11) is 0. The van der Waals surface area contributed by atoms with Crippen LogP contribution in [0.1, 0.15) is 68.0 Å². The molecule has 6 aromatic carbocycles. The van der Waals surface area contributed by atoms with Gasteiger partial charge in [-0.2, -0.15) is 0 Å². The van der Waals surface area contributed by atoms with Gasteiger partial charge in [-0.05, 0) is 96.1 Å². The zero-order valence-electron chi connectivity index (χ0n) is 33.9. The summed E-state index contributed by atoms with van der Waals surface area (Å²) >= 11 is 6.24. The van der Waals surface area contributed by atoms with E-state index in [2.05, 4.69) is 76.2 Å². The van der Waals surface area contributed by atoms with Crippen LogP contribution in [0.4, 0.5) is 0 Å². The van der Waals surface area contributed by atoms with E-state index >= 15 is 0 Å². The van der Waals surface area contributed by atoms with Gasteiger partial charge in [-0.1, -0.05) is 133 Å². The molecule has 304 valence electrons. The van der Waals surface area contributed by atoms with Gasteiger partial charge in [0.25, 0.3) is 5.91 Å². The first-order valence-corrected chi connectivity index (χ1v) is 21.2. The summed E-state index contributed by atoms with van der Waals surface area (Å²) in [5.41, 5.74) is 21.6. The van der Waals surface area contributed by atoms with Crippen molar-refractivity contribution in [3.8, 4) is 0 Å². The van der Waals surface area contributed by atoms with Gasteiger partial charge in [0.1, 0.15) is 11.7 Å².